The highest BCUT2D eigenvalue weighted by atomic mass is 35.5. The molecule has 0 aliphatic rings. The summed E-state index contributed by atoms with van der Waals surface area (Å²) in [5.74, 6) is -0.304. The lowest BCUT2D eigenvalue weighted by molar-refractivity contribution is 0.0954. The van der Waals surface area contributed by atoms with Gasteiger partial charge in [0.15, 0.2) is 0 Å². The first kappa shape index (κ1) is 16.9. The molecule has 0 aliphatic heterocycles. The summed E-state index contributed by atoms with van der Waals surface area (Å²) in [6.07, 6.45) is 2.72. The zero-order valence-electron chi connectivity index (χ0n) is 11.4. The molecule has 0 radical (unpaired) electrons. The maximum Gasteiger partial charge on any atom is 0.251 e. The molecule has 1 amide bonds. The van der Waals surface area contributed by atoms with Crippen molar-refractivity contribution in [3.63, 3.8) is 0 Å². The van der Waals surface area contributed by atoms with E-state index in [2.05, 4.69) is 15.0 Å². The Kier molecular flexibility index (Phi) is 6.38. The third-order valence-corrected chi connectivity index (χ3v) is 3.31. The van der Waals surface area contributed by atoms with E-state index in [4.69, 9.17) is 11.6 Å². The van der Waals surface area contributed by atoms with Crippen molar-refractivity contribution in [1.82, 2.24) is 15.0 Å². The first-order chi connectivity index (χ1) is 9.31. The average Bonchev–Trinajstić information content (AvgIpc) is 2.33. The van der Waals surface area contributed by atoms with Gasteiger partial charge < -0.3 is 5.32 Å². The van der Waals surface area contributed by atoms with E-state index >= 15 is 0 Å². The summed E-state index contributed by atoms with van der Waals surface area (Å²) in [6.45, 7) is 2.36. The fraction of sp³-hybridized carbons (Fsp3) is 0.500. The van der Waals surface area contributed by atoms with Crippen molar-refractivity contribution in [3.8, 4) is 0 Å². The molecule has 8 heteroatoms. The molecule has 112 valence electrons. The number of sulfonamides is 1. The summed E-state index contributed by atoms with van der Waals surface area (Å²) in [6, 6.07) is 3.18. The molecule has 20 heavy (non-hydrogen) atoms. The van der Waals surface area contributed by atoms with Gasteiger partial charge in [0.05, 0.1) is 6.26 Å². The van der Waals surface area contributed by atoms with Crippen LogP contribution in [-0.4, -0.2) is 38.7 Å². The van der Waals surface area contributed by atoms with Crippen molar-refractivity contribution in [1.29, 1.82) is 0 Å². The van der Waals surface area contributed by atoms with E-state index in [0.717, 1.165) is 24.8 Å². The first-order valence-electron chi connectivity index (χ1n) is 6.21. The number of amides is 1. The Hall–Kier alpha value is -1.18. The van der Waals surface area contributed by atoms with Crippen LogP contribution in [0.2, 0.25) is 5.15 Å². The van der Waals surface area contributed by atoms with E-state index in [0.29, 0.717) is 5.56 Å². The normalized spacial score (nSPS) is 11.3. The number of halogens is 1. The number of carbonyl (C=O) groups excluding carboxylic acids is 1. The third-order valence-electron chi connectivity index (χ3n) is 2.39. The number of aromatic nitrogens is 1. The number of pyridine rings is 1. The second-order valence-electron chi connectivity index (χ2n) is 4.34. The monoisotopic (exact) mass is 319 g/mol. The summed E-state index contributed by atoms with van der Waals surface area (Å²) in [7, 11) is -3.24. The lowest BCUT2D eigenvalue weighted by atomic mass is 10.1. The second-order valence-corrected chi connectivity index (χ2v) is 6.56. The smallest absolute Gasteiger partial charge is 0.251 e. The van der Waals surface area contributed by atoms with E-state index in [1.165, 1.54) is 6.07 Å². The summed E-state index contributed by atoms with van der Waals surface area (Å²) >= 11 is 5.87. The molecular weight excluding hydrogens is 302 g/mol. The molecule has 1 aromatic rings. The first-order valence-corrected chi connectivity index (χ1v) is 8.48. The molecule has 2 N–H and O–H groups in total. The maximum absolute atomic E-state index is 11.9. The number of aryl methyl sites for hydroxylation is 1. The molecule has 0 saturated heterocycles. The Morgan fingerprint density at radius 2 is 2.05 bits per heavy atom. The van der Waals surface area contributed by atoms with Gasteiger partial charge in [0.2, 0.25) is 10.0 Å². The second kappa shape index (κ2) is 7.56. The van der Waals surface area contributed by atoms with Gasteiger partial charge in [-0.3, -0.25) is 4.79 Å². The van der Waals surface area contributed by atoms with Crippen LogP contribution in [0.1, 0.15) is 29.4 Å². The van der Waals surface area contributed by atoms with Gasteiger partial charge in [0, 0.05) is 24.3 Å². The molecule has 0 bridgehead atoms. The van der Waals surface area contributed by atoms with Crippen LogP contribution in [0, 0.1) is 0 Å². The lowest BCUT2D eigenvalue weighted by Crippen LogP contribution is -2.34. The number of hydrogen-bond donors (Lipinski definition) is 2. The lowest BCUT2D eigenvalue weighted by Gasteiger charge is -2.07. The van der Waals surface area contributed by atoms with Crippen LogP contribution >= 0.6 is 11.6 Å². The summed E-state index contributed by atoms with van der Waals surface area (Å²) in [4.78, 5) is 16.0. The Bertz CT molecular complexity index is 575. The van der Waals surface area contributed by atoms with Crippen LogP contribution < -0.4 is 10.0 Å². The van der Waals surface area contributed by atoms with Crippen molar-refractivity contribution in [2.24, 2.45) is 0 Å². The quantitative estimate of drug-likeness (QED) is 0.579. The fourth-order valence-corrected chi connectivity index (χ4v) is 2.28. The number of carbonyl (C=O) groups is 1. The van der Waals surface area contributed by atoms with Gasteiger partial charge in [0.1, 0.15) is 5.15 Å². The van der Waals surface area contributed by atoms with E-state index in [1.54, 1.807) is 6.07 Å². The van der Waals surface area contributed by atoms with Crippen molar-refractivity contribution in [3.05, 3.63) is 28.5 Å². The molecule has 0 saturated carbocycles. The Morgan fingerprint density at radius 1 is 1.35 bits per heavy atom. The number of nitrogens with one attached hydrogen (secondary N) is 2. The SMILES string of the molecule is CCCc1cc(C(=O)NCCNS(C)(=O)=O)cc(Cl)n1. The highest BCUT2D eigenvalue weighted by Crippen LogP contribution is 2.12. The summed E-state index contributed by atoms with van der Waals surface area (Å²) in [5.41, 5.74) is 1.19. The Labute approximate surface area is 124 Å². The molecular formula is C12H18ClN3O3S. The van der Waals surface area contributed by atoms with Crippen LogP contribution in [0.5, 0.6) is 0 Å². The van der Waals surface area contributed by atoms with Gasteiger partial charge in [-0.1, -0.05) is 24.9 Å². The van der Waals surface area contributed by atoms with Crippen LogP contribution in [-0.2, 0) is 16.4 Å². The standard InChI is InChI=1S/C12H18ClN3O3S/c1-3-4-10-7-9(8-11(13)16-10)12(17)14-5-6-15-20(2,18)19/h7-8,15H,3-6H2,1-2H3,(H,14,17). The topological polar surface area (TPSA) is 88.2 Å². The largest absolute Gasteiger partial charge is 0.351 e. The molecule has 0 unspecified atom stereocenters. The molecule has 6 nitrogen and oxygen atoms in total. The van der Waals surface area contributed by atoms with Crippen LogP contribution in [0.3, 0.4) is 0 Å². The van der Waals surface area contributed by atoms with Crippen LogP contribution in [0.25, 0.3) is 0 Å². The molecule has 0 atom stereocenters. The molecule has 0 aliphatic carbocycles. The minimum absolute atomic E-state index is 0.144. The van der Waals surface area contributed by atoms with E-state index in [1.807, 2.05) is 6.92 Å². The zero-order chi connectivity index (χ0) is 15.2. The number of hydrogen-bond acceptors (Lipinski definition) is 4. The van der Waals surface area contributed by atoms with Crippen molar-refractivity contribution in [2.45, 2.75) is 19.8 Å². The summed E-state index contributed by atoms with van der Waals surface area (Å²) in [5, 5.41) is 2.89. The van der Waals surface area contributed by atoms with Crippen molar-refractivity contribution >= 4 is 27.5 Å². The van der Waals surface area contributed by atoms with Crippen molar-refractivity contribution < 1.29 is 13.2 Å². The highest BCUT2D eigenvalue weighted by Gasteiger charge is 2.09. The van der Waals surface area contributed by atoms with Gasteiger partial charge >= 0.3 is 0 Å². The third kappa shape index (κ3) is 6.31. The highest BCUT2D eigenvalue weighted by molar-refractivity contribution is 7.88. The van der Waals surface area contributed by atoms with Gasteiger partial charge in [-0.15, -0.1) is 0 Å². The number of nitrogens with zero attached hydrogens (tertiary/aromatic N) is 1. The van der Waals surface area contributed by atoms with Gasteiger partial charge in [-0.25, -0.2) is 18.1 Å². The number of rotatable bonds is 7. The molecule has 0 spiro atoms. The van der Waals surface area contributed by atoms with Gasteiger partial charge in [-0.2, -0.15) is 0 Å². The average molecular weight is 320 g/mol. The zero-order valence-corrected chi connectivity index (χ0v) is 13.0. The van der Waals surface area contributed by atoms with E-state index in [9.17, 15) is 13.2 Å². The predicted molar refractivity (Wildman–Crippen MR) is 78.4 cm³/mol. The Morgan fingerprint density at radius 3 is 2.65 bits per heavy atom. The molecule has 1 rings (SSSR count). The minimum Gasteiger partial charge on any atom is -0.351 e. The molecule has 0 aromatic carbocycles. The fourth-order valence-electron chi connectivity index (χ4n) is 1.58. The molecule has 0 fully saturated rings. The molecule has 1 aromatic heterocycles. The van der Waals surface area contributed by atoms with E-state index < -0.39 is 10.0 Å². The van der Waals surface area contributed by atoms with Crippen LogP contribution in [0.15, 0.2) is 12.1 Å². The maximum atomic E-state index is 11.9. The minimum atomic E-state index is -3.24. The molecule has 1 heterocycles. The van der Waals surface area contributed by atoms with Gasteiger partial charge in [0.25, 0.3) is 5.91 Å². The van der Waals surface area contributed by atoms with E-state index in [-0.39, 0.29) is 24.1 Å². The Balaban J connectivity index is 2.59. The summed E-state index contributed by atoms with van der Waals surface area (Å²) < 4.78 is 24.0. The van der Waals surface area contributed by atoms with Gasteiger partial charge in [-0.05, 0) is 18.6 Å². The van der Waals surface area contributed by atoms with Crippen molar-refractivity contribution in [2.75, 3.05) is 19.3 Å². The predicted octanol–water partition coefficient (Wildman–Crippen LogP) is 0.967. The van der Waals surface area contributed by atoms with Crippen LogP contribution in [0.4, 0.5) is 0 Å².